The third-order valence-electron chi connectivity index (χ3n) is 5.22. The summed E-state index contributed by atoms with van der Waals surface area (Å²) >= 11 is 0. The van der Waals surface area contributed by atoms with E-state index in [2.05, 4.69) is 23.3 Å². The van der Waals surface area contributed by atoms with E-state index in [9.17, 15) is 4.79 Å². The molecule has 3 rings (SSSR count). The number of methoxy groups -OCH3 is 2. The quantitative estimate of drug-likeness (QED) is 0.891. The zero-order chi connectivity index (χ0) is 17.2. The summed E-state index contributed by atoms with van der Waals surface area (Å²) in [6.45, 7) is 4.15. The van der Waals surface area contributed by atoms with Crippen LogP contribution in [0.3, 0.4) is 0 Å². The van der Waals surface area contributed by atoms with Crippen molar-refractivity contribution in [2.45, 2.75) is 18.3 Å². The van der Waals surface area contributed by atoms with E-state index in [1.807, 2.05) is 17.0 Å². The number of carbonyl (C=O) groups excluding carboxylic acids is 1. The Kier molecular flexibility index (Phi) is 4.85. The van der Waals surface area contributed by atoms with Crippen LogP contribution in [0.4, 0.5) is 4.79 Å². The zero-order valence-electron chi connectivity index (χ0n) is 14.8. The van der Waals surface area contributed by atoms with Gasteiger partial charge in [-0.3, -0.25) is 0 Å². The van der Waals surface area contributed by atoms with Crippen molar-refractivity contribution in [3.63, 3.8) is 0 Å². The molecule has 0 radical (unpaired) electrons. The number of rotatable bonds is 5. The minimum Gasteiger partial charge on any atom is -0.493 e. The van der Waals surface area contributed by atoms with Crippen LogP contribution in [0.1, 0.15) is 18.4 Å². The number of hydrogen-bond donors (Lipinski definition) is 1. The molecule has 2 aliphatic rings. The molecule has 0 unspecified atom stereocenters. The minimum atomic E-state index is 0.0434. The number of nitrogens with zero attached hydrogens (tertiary/aromatic N) is 2. The molecule has 1 aromatic rings. The van der Waals surface area contributed by atoms with Gasteiger partial charge in [-0.1, -0.05) is 6.07 Å². The summed E-state index contributed by atoms with van der Waals surface area (Å²) < 4.78 is 10.7. The zero-order valence-corrected chi connectivity index (χ0v) is 14.8. The molecule has 1 aromatic carbocycles. The number of piperazine rings is 1. The van der Waals surface area contributed by atoms with Crippen LogP contribution in [0, 0.1) is 0 Å². The second kappa shape index (κ2) is 6.89. The van der Waals surface area contributed by atoms with Gasteiger partial charge in [0.2, 0.25) is 0 Å². The SMILES string of the molecule is COc1ccc(C2(CNC(=O)N3CCN(C)CC3)CC2)cc1OC. The van der Waals surface area contributed by atoms with E-state index >= 15 is 0 Å². The van der Waals surface area contributed by atoms with Gasteiger partial charge in [-0.25, -0.2) is 4.79 Å². The molecule has 0 aromatic heterocycles. The van der Waals surface area contributed by atoms with Gasteiger partial charge in [0.25, 0.3) is 0 Å². The van der Waals surface area contributed by atoms with Crippen molar-refractivity contribution >= 4 is 6.03 Å². The standard InChI is InChI=1S/C18H27N3O3/c1-20-8-10-21(11-9-20)17(22)19-13-18(6-7-18)14-4-5-15(23-2)16(12-14)24-3/h4-5,12H,6-11,13H2,1-3H3,(H,19,22). The van der Waals surface area contributed by atoms with Gasteiger partial charge < -0.3 is 24.6 Å². The molecular formula is C18H27N3O3. The summed E-state index contributed by atoms with van der Waals surface area (Å²) in [6, 6.07) is 6.11. The number of hydrogen-bond acceptors (Lipinski definition) is 4. The molecule has 132 valence electrons. The van der Waals surface area contributed by atoms with Crippen molar-refractivity contribution in [3.8, 4) is 11.5 Å². The van der Waals surface area contributed by atoms with Crippen molar-refractivity contribution in [2.75, 3.05) is 54.0 Å². The third-order valence-corrected chi connectivity index (χ3v) is 5.22. The molecule has 1 heterocycles. The number of carbonyl (C=O) groups is 1. The first-order chi connectivity index (χ1) is 11.6. The fourth-order valence-electron chi connectivity index (χ4n) is 3.25. The lowest BCUT2D eigenvalue weighted by atomic mass is 9.95. The molecule has 2 amide bonds. The monoisotopic (exact) mass is 333 g/mol. The maximum atomic E-state index is 12.4. The summed E-state index contributed by atoms with van der Waals surface area (Å²) in [5, 5.41) is 3.13. The van der Waals surface area contributed by atoms with Crippen LogP contribution in [0.5, 0.6) is 11.5 Å². The number of likely N-dealkylation sites (N-methyl/N-ethyl adjacent to an activating group) is 1. The molecule has 24 heavy (non-hydrogen) atoms. The number of nitrogens with one attached hydrogen (secondary N) is 1. The first kappa shape index (κ1) is 16.9. The Labute approximate surface area is 143 Å². The molecule has 6 nitrogen and oxygen atoms in total. The van der Waals surface area contributed by atoms with E-state index in [0.29, 0.717) is 6.54 Å². The van der Waals surface area contributed by atoms with Crippen molar-refractivity contribution in [2.24, 2.45) is 0 Å². The first-order valence-electron chi connectivity index (χ1n) is 8.52. The Balaban J connectivity index is 1.61. The maximum absolute atomic E-state index is 12.4. The Morgan fingerprint density at radius 2 is 1.79 bits per heavy atom. The Morgan fingerprint density at radius 3 is 2.38 bits per heavy atom. The summed E-state index contributed by atoms with van der Waals surface area (Å²) in [6.07, 6.45) is 2.18. The van der Waals surface area contributed by atoms with E-state index in [0.717, 1.165) is 50.5 Å². The molecule has 6 heteroatoms. The van der Waals surface area contributed by atoms with Crippen molar-refractivity contribution in [1.82, 2.24) is 15.1 Å². The van der Waals surface area contributed by atoms with Crippen LogP contribution in [-0.4, -0.2) is 69.8 Å². The molecular weight excluding hydrogens is 306 g/mol. The first-order valence-corrected chi connectivity index (χ1v) is 8.52. The molecule has 2 fully saturated rings. The summed E-state index contributed by atoms with van der Waals surface area (Å²) in [4.78, 5) is 16.5. The lowest BCUT2D eigenvalue weighted by Crippen LogP contribution is -2.51. The van der Waals surface area contributed by atoms with Crippen molar-refractivity contribution in [3.05, 3.63) is 23.8 Å². The van der Waals surface area contributed by atoms with Crippen molar-refractivity contribution < 1.29 is 14.3 Å². The molecule has 1 N–H and O–H groups in total. The second-order valence-corrected chi connectivity index (χ2v) is 6.80. The number of amides is 2. The highest BCUT2D eigenvalue weighted by atomic mass is 16.5. The molecule has 1 saturated carbocycles. The second-order valence-electron chi connectivity index (χ2n) is 6.80. The highest BCUT2D eigenvalue weighted by molar-refractivity contribution is 5.74. The Bertz CT molecular complexity index is 593. The molecule has 1 aliphatic carbocycles. The normalized spacial score (nSPS) is 19.7. The minimum absolute atomic E-state index is 0.0434. The van der Waals surface area contributed by atoms with Gasteiger partial charge >= 0.3 is 6.03 Å². The molecule has 0 bridgehead atoms. The molecule has 1 aliphatic heterocycles. The number of benzene rings is 1. The summed E-state index contributed by atoms with van der Waals surface area (Å²) in [7, 11) is 5.38. The van der Waals surface area contributed by atoms with Crippen LogP contribution < -0.4 is 14.8 Å². The van der Waals surface area contributed by atoms with Gasteiger partial charge in [0.1, 0.15) is 0 Å². The van der Waals surface area contributed by atoms with Gasteiger partial charge in [0.05, 0.1) is 14.2 Å². The van der Waals surface area contributed by atoms with Crippen LogP contribution in [-0.2, 0) is 5.41 Å². The average Bonchev–Trinajstić information content (AvgIpc) is 3.41. The van der Waals surface area contributed by atoms with Gasteiger partial charge in [0.15, 0.2) is 11.5 Å². The van der Waals surface area contributed by atoms with Crippen LogP contribution in [0.2, 0.25) is 0 Å². The van der Waals surface area contributed by atoms with E-state index in [4.69, 9.17) is 9.47 Å². The summed E-state index contributed by atoms with van der Waals surface area (Å²) in [5.41, 5.74) is 1.25. The maximum Gasteiger partial charge on any atom is 0.317 e. The van der Waals surface area contributed by atoms with E-state index in [1.165, 1.54) is 5.56 Å². The predicted molar refractivity (Wildman–Crippen MR) is 92.9 cm³/mol. The van der Waals surface area contributed by atoms with E-state index in [-0.39, 0.29) is 11.4 Å². The largest absolute Gasteiger partial charge is 0.493 e. The van der Waals surface area contributed by atoms with Gasteiger partial charge in [-0.15, -0.1) is 0 Å². The lowest BCUT2D eigenvalue weighted by Gasteiger charge is -2.32. The van der Waals surface area contributed by atoms with Crippen LogP contribution in [0.25, 0.3) is 0 Å². The topological polar surface area (TPSA) is 54.0 Å². The Hall–Kier alpha value is -1.95. The average molecular weight is 333 g/mol. The van der Waals surface area contributed by atoms with Gasteiger partial charge in [-0.05, 0) is 37.6 Å². The summed E-state index contributed by atoms with van der Waals surface area (Å²) in [5.74, 6) is 1.48. The lowest BCUT2D eigenvalue weighted by molar-refractivity contribution is 0.154. The number of ether oxygens (including phenoxy) is 2. The fourth-order valence-corrected chi connectivity index (χ4v) is 3.25. The number of urea groups is 1. The van der Waals surface area contributed by atoms with Gasteiger partial charge in [-0.2, -0.15) is 0 Å². The smallest absolute Gasteiger partial charge is 0.317 e. The Morgan fingerprint density at radius 1 is 1.12 bits per heavy atom. The third kappa shape index (κ3) is 3.43. The molecule has 1 saturated heterocycles. The highest BCUT2D eigenvalue weighted by Gasteiger charge is 2.45. The van der Waals surface area contributed by atoms with E-state index in [1.54, 1.807) is 14.2 Å². The molecule has 0 spiro atoms. The molecule has 0 atom stereocenters. The fraction of sp³-hybridized carbons (Fsp3) is 0.611. The predicted octanol–water partition coefficient (Wildman–Crippen LogP) is 1.69. The highest BCUT2D eigenvalue weighted by Crippen LogP contribution is 2.49. The van der Waals surface area contributed by atoms with Gasteiger partial charge in [0, 0.05) is 38.1 Å². The van der Waals surface area contributed by atoms with Crippen LogP contribution in [0.15, 0.2) is 18.2 Å². The van der Waals surface area contributed by atoms with E-state index < -0.39 is 0 Å². The van der Waals surface area contributed by atoms with Crippen molar-refractivity contribution in [1.29, 1.82) is 0 Å². The van der Waals surface area contributed by atoms with Crippen LogP contribution >= 0.6 is 0 Å².